The Morgan fingerprint density at radius 2 is 2.02 bits per heavy atom. The SMILES string of the molecule is CCc1c(F)ccc2cc(O)cc(-c3ncc4c(N(CC)CCCC(=O)n5ccc(C)n5)nc(OC[C@@]56CCCN5C[C@H](F)C6)nc4c3F)c12. The van der Waals surface area contributed by atoms with E-state index in [1.165, 1.54) is 29.1 Å². The first-order valence-electron chi connectivity index (χ1n) is 17.2. The van der Waals surface area contributed by atoms with Gasteiger partial charge in [-0.1, -0.05) is 13.0 Å². The maximum atomic E-state index is 16.9. The van der Waals surface area contributed by atoms with E-state index in [2.05, 4.69) is 20.0 Å². The number of aromatic nitrogens is 5. The maximum Gasteiger partial charge on any atom is 0.319 e. The molecular formula is C37H40F3N7O3. The average Bonchev–Trinajstić information content (AvgIpc) is 3.79. The highest BCUT2D eigenvalue weighted by Gasteiger charge is 2.49. The highest BCUT2D eigenvalue weighted by molar-refractivity contribution is 6.01. The van der Waals surface area contributed by atoms with Gasteiger partial charge in [0.15, 0.2) is 5.82 Å². The van der Waals surface area contributed by atoms with Crippen molar-refractivity contribution in [3.05, 3.63) is 65.6 Å². The fraction of sp³-hybridized carbons (Fsp3) is 0.432. The average molecular weight is 688 g/mol. The Balaban J connectivity index is 1.30. The molecule has 0 amide bonds. The van der Waals surface area contributed by atoms with Crippen LogP contribution < -0.4 is 9.64 Å². The Kier molecular flexibility index (Phi) is 9.10. The predicted octanol–water partition coefficient (Wildman–Crippen LogP) is 6.80. The monoisotopic (exact) mass is 687 g/mol. The molecule has 5 heterocycles. The minimum absolute atomic E-state index is 0.0574. The number of rotatable bonds is 11. The maximum absolute atomic E-state index is 16.9. The number of benzene rings is 2. The number of pyridine rings is 1. The number of halogens is 3. The van der Waals surface area contributed by atoms with Gasteiger partial charge >= 0.3 is 6.01 Å². The standard InChI is InChI=1S/C37H40F3N7O3/c1-4-26-29(39)10-9-23-16-25(48)17-27(31(23)26)33-32(40)34-28(19-41-33)35(45(5-2)13-6-8-30(49)47-15-11-22(3)44-47)43-36(42-34)50-21-37-12-7-14-46(37)20-24(38)18-37/h9-11,15-17,19,24,48H,4-8,12-14,18,20-21H2,1-3H3/t24-,37+/m1/s1. The Labute approximate surface area is 287 Å². The number of aryl methyl sites for hydroxylation is 2. The number of nitrogens with zero attached hydrogens (tertiary/aromatic N) is 7. The number of hydrogen-bond donors (Lipinski definition) is 1. The normalized spacial score (nSPS) is 19.0. The molecule has 2 saturated heterocycles. The van der Waals surface area contributed by atoms with Gasteiger partial charge in [0.1, 0.15) is 41.4 Å². The summed E-state index contributed by atoms with van der Waals surface area (Å²) in [6.45, 7) is 7.74. The van der Waals surface area contributed by atoms with E-state index in [0.717, 1.165) is 25.1 Å². The molecule has 3 aromatic heterocycles. The smallest absolute Gasteiger partial charge is 0.319 e. The third kappa shape index (κ3) is 6.12. The summed E-state index contributed by atoms with van der Waals surface area (Å²) in [6, 6.07) is 7.48. The summed E-state index contributed by atoms with van der Waals surface area (Å²) in [5, 5.41) is 16.1. The second-order valence-corrected chi connectivity index (χ2v) is 13.3. The molecule has 0 unspecified atom stereocenters. The van der Waals surface area contributed by atoms with Crippen molar-refractivity contribution in [2.45, 2.75) is 71.0 Å². The van der Waals surface area contributed by atoms with Crippen molar-refractivity contribution >= 4 is 33.4 Å². The van der Waals surface area contributed by atoms with Crippen molar-refractivity contribution in [3.63, 3.8) is 0 Å². The third-order valence-corrected chi connectivity index (χ3v) is 10.1. The van der Waals surface area contributed by atoms with Crippen LogP contribution in [-0.2, 0) is 6.42 Å². The van der Waals surface area contributed by atoms with E-state index in [4.69, 9.17) is 9.72 Å². The van der Waals surface area contributed by atoms with Crippen LogP contribution in [0.3, 0.4) is 0 Å². The lowest BCUT2D eigenvalue weighted by atomic mass is 9.94. The zero-order valence-corrected chi connectivity index (χ0v) is 28.4. The molecule has 2 aliphatic rings. The summed E-state index contributed by atoms with van der Waals surface area (Å²) in [5.74, 6) is -1.09. The van der Waals surface area contributed by atoms with Crippen molar-refractivity contribution in [2.75, 3.05) is 37.7 Å². The van der Waals surface area contributed by atoms with Crippen LogP contribution in [0.4, 0.5) is 19.0 Å². The molecule has 2 fully saturated rings. The number of aromatic hydroxyl groups is 1. The molecule has 0 bridgehead atoms. The summed E-state index contributed by atoms with van der Waals surface area (Å²) >= 11 is 0. The molecule has 0 aliphatic carbocycles. The number of phenols is 1. The van der Waals surface area contributed by atoms with Crippen molar-refractivity contribution in [1.29, 1.82) is 0 Å². The van der Waals surface area contributed by atoms with Gasteiger partial charge in [-0.25, -0.2) is 17.9 Å². The fourth-order valence-corrected chi connectivity index (χ4v) is 7.70. The van der Waals surface area contributed by atoms with Gasteiger partial charge < -0.3 is 14.7 Å². The van der Waals surface area contributed by atoms with E-state index in [1.54, 1.807) is 18.3 Å². The molecule has 50 heavy (non-hydrogen) atoms. The zero-order chi connectivity index (χ0) is 35.2. The number of anilines is 1. The molecule has 2 aliphatic heterocycles. The van der Waals surface area contributed by atoms with Gasteiger partial charge in [-0.2, -0.15) is 15.1 Å². The Morgan fingerprint density at radius 1 is 1.18 bits per heavy atom. The Bertz CT molecular complexity index is 2090. The summed E-state index contributed by atoms with van der Waals surface area (Å²) in [5.41, 5.74) is 0.727. The fourth-order valence-electron chi connectivity index (χ4n) is 7.70. The minimum Gasteiger partial charge on any atom is -0.508 e. The van der Waals surface area contributed by atoms with Gasteiger partial charge in [-0.3, -0.25) is 14.7 Å². The van der Waals surface area contributed by atoms with Crippen LogP contribution in [0.5, 0.6) is 11.8 Å². The number of fused-ring (bicyclic) bond motifs is 3. The largest absolute Gasteiger partial charge is 0.508 e. The molecule has 2 aromatic carbocycles. The number of alkyl halides is 1. The summed E-state index contributed by atoms with van der Waals surface area (Å²) < 4.78 is 54.0. The molecule has 262 valence electrons. The number of carbonyl (C=O) groups excluding carboxylic acids is 1. The van der Waals surface area contributed by atoms with Crippen molar-refractivity contribution < 1.29 is 27.8 Å². The summed E-state index contributed by atoms with van der Waals surface area (Å²) in [6.07, 6.45) is 5.27. The van der Waals surface area contributed by atoms with Crippen LogP contribution in [-0.4, -0.2) is 85.1 Å². The first kappa shape index (κ1) is 33.7. The van der Waals surface area contributed by atoms with Crippen LogP contribution >= 0.6 is 0 Å². The molecular weight excluding hydrogens is 647 g/mol. The van der Waals surface area contributed by atoms with Gasteiger partial charge in [0.2, 0.25) is 5.91 Å². The number of hydrogen-bond acceptors (Lipinski definition) is 9. The van der Waals surface area contributed by atoms with Gasteiger partial charge in [0.25, 0.3) is 0 Å². The zero-order valence-electron chi connectivity index (χ0n) is 28.4. The lowest BCUT2D eigenvalue weighted by molar-refractivity contribution is 0.0884. The van der Waals surface area contributed by atoms with Crippen molar-refractivity contribution in [1.82, 2.24) is 29.6 Å². The highest BCUT2D eigenvalue weighted by Crippen LogP contribution is 2.42. The molecule has 5 aromatic rings. The van der Waals surface area contributed by atoms with E-state index in [1.807, 2.05) is 25.7 Å². The van der Waals surface area contributed by atoms with Crippen LogP contribution in [0.25, 0.3) is 32.9 Å². The molecule has 0 spiro atoms. The second-order valence-electron chi connectivity index (χ2n) is 13.3. The summed E-state index contributed by atoms with van der Waals surface area (Å²) in [7, 11) is 0. The minimum atomic E-state index is -0.947. The van der Waals surface area contributed by atoms with E-state index in [0.29, 0.717) is 66.4 Å². The summed E-state index contributed by atoms with van der Waals surface area (Å²) in [4.78, 5) is 30.6. The third-order valence-electron chi connectivity index (χ3n) is 10.1. The Morgan fingerprint density at radius 3 is 2.78 bits per heavy atom. The quantitative estimate of drug-likeness (QED) is 0.160. The highest BCUT2D eigenvalue weighted by atomic mass is 19.1. The van der Waals surface area contributed by atoms with Gasteiger partial charge in [-0.05, 0) is 86.7 Å². The first-order valence-corrected chi connectivity index (χ1v) is 17.2. The van der Waals surface area contributed by atoms with E-state index in [-0.39, 0.29) is 47.5 Å². The van der Waals surface area contributed by atoms with Gasteiger partial charge in [0.05, 0.1) is 16.6 Å². The van der Waals surface area contributed by atoms with Crippen molar-refractivity contribution in [3.8, 4) is 23.0 Å². The van der Waals surface area contributed by atoms with E-state index >= 15 is 8.78 Å². The van der Waals surface area contributed by atoms with Crippen molar-refractivity contribution in [2.24, 2.45) is 0 Å². The molecule has 0 radical (unpaired) electrons. The lowest BCUT2D eigenvalue weighted by Gasteiger charge is -2.31. The molecule has 2 atom stereocenters. The van der Waals surface area contributed by atoms with Crippen LogP contribution in [0.2, 0.25) is 0 Å². The van der Waals surface area contributed by atoms with Gasteiger partial charge in [0, 0.05) is 50.4 Å². The van der Waals surface area contributed by atoms with Crippen LogP contribution in [0, 0.1) is 18.6 Å². The van der Waals surface area contributed by atoms with Gasteiger partial charge in [-0.15, -0.1) is 0 Å². The molecule has 0 saturated carbocycles. The molecule has 10 nitrogen and oxygen atoms in total. The molecule has 13 heteroatoms. The van der Waals surface area contributed by atoms with Crippen LogP contribution in [0.1, 0.15) is 62.0 Å². The number of ether oxygens (including phenoxy) is 1. The first-order chi connectivity index (χ1) is 24.1. The Hall–Kier alpha value is -4.78. The van der Waals surface area contributed by atoms with Crippen LogP contribution in [0.15, 0.2) is 42.7 Å². The van der Waals surface area contributed by atoms with E-state index < -0.39 is 23.3 Å². The molecule has 7 rings (SSSR count). The lowest BCUT2D eigenvalue weighted by Crippen LogP contribution is -2.43. The number of phenolic OH excluding ortho intramolecular Hbond substituents is 1. The number of carbonyl (C=O) groups is 1. The molecule has 1 N–H and O–H groups in total. The topological polar surface area (TPSA) is 110 Å². The van der Waals surface area contributed by atoms with E-state index in [9.17, 15) is 14.3 Å². The predicted molar refractivity (Wildman–Crippen MR) is 184 cm³/mol. The second kappa shape index (κ2) is 13.5.